The molecular weight excluding hydrogens is 378 g/mol. The molecule has 0 aliphatic carbocycles. The maximum absolute atomic E-state index is 13.8. The summed E-state index contributed by atoms with van der Waals surface area (Å²) in [6.45, 7) is 1.82. The first kappa shape index (κ1) is 20.2. The van der Waals surface area contributed by atoms with Gasteiger partial charge in [0.1, 0.15) is 11.6 Å². The summed E-state index contributed by atoms with van der Waals surface area (Å²) < 4.78 is 57.4. The van der Waals surface area contributed by atoms with Crippen molar-refractivity contribution in [3.63, 3.8) is 0 Å². The van der Waals surface area contributed by atoms with Crippen molar-refractivity contribution >= 4 is 15.9 Å². The van der Waals surface area contributed by atoms with E-state index in [0.29, 0.717) is 57.9 Å². The standard InChI is InChI=1S/C18H24F2N2O4S/c1-27(24,25)22-10-6-15(7-11-22)26-14-4-8-21(9-5-14)18(23)16-3-2-13(19)12-17(16)20/h2-3,12,14-15H,4-11H2,1H3. The van der Waals surface area contributed by atoms with Crippen LogP contribution >= 0.6 is 0 Å². The molecule has 2 aliphatic heterocycles. The van der Waals surface area contributed by atoms with Crippen LogP contribution in [0.5, 0.6) is 0 Å². The third kappa shape index (κ3) is 5.03. The van der Waals surface area contributed by atoms with Gasteiger partial charge in [-0.05, 0) is 37.8 Å². The first-order valence-electron chi connectivity index (χ1n) is 9.09. The number of benzene rings is 1. The number of halogens is 2. The third-order valence-electron chi connectivity index (χ3n) is 5.15. The lowest BCUT2D eigenvalue weighted by atomic mass is 10.0. The van der Waals surface area contributed by atoms with Crippen LogP contribution in [0.2, 0.25) is 0 Å². The van der Waals surface area contributed by atoms with Crippen molar-refractivity contribution in [2.75, 3.05) is 32.4 Å². The van der Waals surface area contributed by atoms with Crippen molar-refractivity contribution < 1.29 is 26.7 Å². The minimum absolute atomic E-state index is 0.00176. The van der Waals surface area contributed by atoms with Gasteiger partial charge in [0, 0.05) is 32.2 Å². The Morgan fingerprint density at radius 1 is 1.04 bits per heavy atom. The minimum Gasteiger partial charge on any atom is -0.375 e. The van der Waals surface area contributed by atoms with E-state index in [1.165, 1.54) is 16.6 Å². The molecule has 1 amide bonds. The predicted molar refractivity (Wildman–Crippen MR) is 95.8 cm³/mol. The van der Waals surface area contributed by atoms with E-state index in [9.17, 15) is 22.0 Å². The molecule has 2 aliphatic rings. The van der Waals surface area contributed by atoms with Crippen molar-refractivity contribution in [3.8, 4) is 0 Å². The second-order valence-electron chi connectivity index (χ2n) is 7.11. The average Bonchev–Trinajstić information content (AvgIpc) is 2.61. The van der Waals surface area contributed by atoms with E-state index in [1.54, 1.807) is 4.90 Å². The number of hydrogen-bond acceptors (Lipinski definition) is 4. The Labute approximate surface area is 158 Å². The largest absolute Gasteiger partial charge is 0.375 e. The molecule has 2 saturated heterocycles. The van der Waals surface area contributed by atoms with Crippen molar-refractivity contribution in [1.82, 2.24) is 9.21 Å². The zero-order valence-electron chi connectivity index (χ0n) is 15.2. The Morgan fingerprint density at radius 2 is 1.59 bits per heavy atom. The van der Waals surface area contributed by atoms with E-state index in [1.807, 2.05) is 0 Å². The van der Waals surface area contributed by atoms with E-state index in [0.717, 1.165) is 6.07 Å². The van der Waals surface area contributed by atoms with Crippen LogP contribution in [-0.2, 0) is 14.8 Å². The topological polar surface area (TPSA) is 66.9 Å². The van der Waals surface area contributed by atoms with Gasteiger partial charge in [-0.15, -0.1) is 0 Å². The molecule has 0 spiro atoms. The Balaban J connectivity index is 1.47. The molecule has 9 heteroatoms. The fourth-order valence-electron chi connectivity index (χ4n) is 3.60. The monoisotopic (exact) mass is 402 g/mol. The number of carbonyl (C=O) groups excluding carboxylic acids is 1. The van der Waals surface area contributed by atoms with Crippen LogP contribution in [0.3, 0.4) is 0 Å². The number of ether oxygens (including phenoxy) is 1. The highest BCUT2D eigenvalue weighted by Gasteiger charge is 2.30. The summed E-state index contributed by atoms with van der Waals surface area (Å²) in [7, 11) is -3.15. The molecule has 0 radical (unpaired) electrons. The van der Waals surface area contributed by atoms with Crippen LogP contribution in [0.15, 0.2) is 18.2 Å². The van der Waals surface area contributed by atoms with Gasteiger partial charge in [0.05, 0.1) is 24.0 Å². The summed E-state index contributed by atoms with van der Waals surface area (Å²) in [5, 5.41) is 0. The lowest BCUT2D eigenvalue weighted by molar-refractivity contribution is -0.0557. The second-order valence-corrected chi connectivity index (χ2v) is 9.10. The maximum Gasteiger partial charge on any atom is 0.256 e. The fraction of sp³-hybridized carbons (Fsp3) is 0.611. The highest BCUT2D eigenvalue weighted by molar-refractivity contribution is 7.88. The summed E-state index contributed by atoms with van der Waals surface area (Å²) >= 11 is 0. The summed E-state index contributed by atoms with van der Waals surface area (Å²) in [6, 6.07) is 2.96. The number of hydrogen-bond donors (Lipinski definition) is 0. The highest BCUT2D eigenvalue weighted by atomic mass is 32.2. The minimum atomic E-state index is -3.15. The van der Waals surface area contributed by atoms with Gasteiger partial charge in [-0.25, -0.2) is 21.5 Å². The van der Waals surface area contributed by atoms with Crippen molar-refractivity contribution in [1.29, 1.82) is 0 Å². The van der Waals surface area contributed by atoms with Crippen molar-refractivity contribution in [2.24, 2.45) is 0 Å². The van der Waals surface area contributed by atoms with Gasteiger partial charge in [-0.3, -0.25) is 4.79 Å². The van der Waals surface area contributed by atoms with Crippen LogP contribution in [0.1, 0.15) is 36.0 Å². The van der Waals surface area contributed by atoms with Gasteiger partial charge in [-0.2, -0.15) is 0 Å². The molecule has 0 saturated carbocycles. The molecule has 2 fully saturated rings. The van der Waals surface area contributed by atoms with Crippen LogP contribution in [0, 0.1) is 11.6 Å². The van der Waals surface area contributed by atoms with Crippen molar-refractivity contribution in [3.05, 3.63) is 35.4 Å². The van der Waals surface area contributed by atoms with Crippen LogP contribution in [0.25, 0.3) is 0 Å². The number of carbonyl (C=O) groups is 1. The Kier molecular flexibility index (Phi) is 6.12. The molecule has 2 heterocycles. The number of likely N-dealkylation sites (tertiary alicyclic amines) is 1. The molecule has 0 bridgehead atoms. The molecule has 150 valence electrons. The normalized spacial score (nSPS) is 20.8. The molecular formula is C18H24F2N2O4S. The molecule has 1 aromatic carbocycles. The van der Waals surface area contributed by atoms with Gasteiger partial charge in [0.15, 0.2) is 0 Å². The van der Waals surface area contributed by atoms with Crippen LogP contribution in [-0.4, -0.2) is 68.2 Å². The highest BCUT2D eigenvalue weighted by Crippen LogP contribution is 2.23. The number of piperidine rings is 2. The quantitative estimate of drug-likeness (QED) is 0.773. The third-order valence-corrected chi connectivity index (χ3v) is 6.45. The van der Waals surface area contributed by atoms with E-state index >= 15 is 0 Å². The van der Waals surface area contributed by atoms with Gasteiger partial charge < -0.3 is 9.64 Å². The van der Waals surface area contributed by atoms with Gasteiger partial charge >= 0.3 is 0 Å². The van der Waals surface area contributed by atoms with Gasteiger partial charge in [0.2, 0.25) is 10.0 Å². The summed E-state index contributed by atoms with van der Waals surface area (Å²) in [4.78, 5) is 14.0. The van der Waals surface area contributed by atoms with E-state index in [-0.39, 0.29) is 17.8 Å². The first-order valence-corrected chi connectivity index (χ1v) is 10.9. The first-order chi connectivity index (χ1) is 12.7. The molecule has 0 unspecified atom stereocenters. The summed E-state index contributed by atoms with van der Waals surface area (Å²) in [6.07, 6.45) is 3.83. The lowest BCUT2D eigenvalue weighted by Crippen LogP contribution is -2.44. The van der Waals surface area contributed by atoms with E-state index in [2.05, 4.69) is 0 Å². The molecule has 3 rings (SSSR count). The van der Waals surface area contributed by atoms with E-state index in [4.69, 9.17) is 4.74 Å². The molecule has 0 aromatic heterocycles. The average molecular weight is 402 g/mol. The molecule has 1 aromatic rings. The Bertz CT molecular complexity index is 787. The van der Waals surface area contributed by atoms with Gasteiger partial charge in [-0.1, -0.05) is 0 Å². The van der Waals surface area contributed by atoms with Crippen LogP contribution < -0.4 is 0 Å². The SMILES string of the molecule is CS(=O)(=O)N1CCC(OC2CCN(C(=O)c3ccc(F)cc3F)CC2)CC1. The maximum atomic E-state index is 13.8. The Morgan fingerprint density at radius 3 is 2.11 bits per heavy atom. The van der Waals surface area contributed by atoms with Crippen LogP contribution in [0.4, 0.5) is 8.78 Å². The van der Waals surface area contributed by atoms with E-state index < -0.39 is 27.6 Å². The summed E-state index contributed by atoms with van der Waals surface area (Å²) in [5.74, 6) is -2.00. The molecule has 0 atom stereocenters. The predicted octanol–water partition coefficient (Wildman–Crippen LogP) is 2.01. The zero-order valence-corrected chi connectivity index (χ0v) is 16.1. The second kappa shape index (κ2) is 8.20. The zero-order chi connectivity index (χ0) is 19.6. The number of rotatable bonds is 4. The molecule has 6 nitrogen and oxygen atoms in total. The number of sulfonamides is 1. The van der Waals surface area contributed by atoms with Crippen molar-refractivity contribution in [2.45, 2.75) is 37.9 Å². The summed E-state index contributed by atoms with van der Waals surface area (Å²) in [5.41, 5.74) is -0.121. The lowest BCUT2D eigenvalue weighted by Gasteiger charge is -2.36. The number of amides is 1. The number of nitrogens with zero attached hydrogens (tertiary/aromatic N) is 2. The smallest absolute Gasteiger partial charge is 0.256 e. The molecule has 27 heavy (non-hydrogen) atoms. The molecule has 0 N–H and O–H groups in total. The Hall–Kier alpha value is -1.58. The van der Waals surface area contributed by atoms with Gasteiger partial charge in [0.25, 0.3) is 5.91 Å². The fourth-order valence-corrected chi connectivity index (χ4v) is 4.47.